The maximum absolute atomic E-state index is 12.9. The van der Waals surface area contributed by atoms with E-state index in [4.69, 9.17) is 0 Å². The van der Waals surface area contributed by atoms with E-state index in [0.717, 1.165) is 11.1 Å². The Morgan fingerprint density at radius 2 is 1.85 bits per heavy atom. The summed E-state index contributed by atoms with van der Waals surface area (Å²) in [6.45, 7) is -0.321. The van der Waals surface area contributed by atoms with E-state index in [1.54, 1.807) is 37.4 Å². The summed E-state index contributed by atoms with van der Waals surface area (Å²) in [5.41, 5.74) is 2.68. The van der Waals surface area contributed by atoms with Crippen LogP contribution in [0, 0.1) is 0 Å². The molecule has 0 saturated carbocycles. The SMILES string of the molecule is CN1C(=O)NC(=O)C12Cc1ccc(NC(=O)Cn3c(=O)n4c5c(cccc53)NC(=O)C4)cc1C2. The number of carbonyl (C=O) groups is 4. The zero-order valence-corrected chi connectivity index (χ0v) is 18.2. The second-order valence-electron chi connectivity index (χ2n) is 8.91. The zero-order chi connectivity index (χ0) is 23.8. The van der Waals surface area contributed by atoms with E-state index in [-0.39, 0.29) is 24.9 Å². The summed E-state index contributed by atoms with van der Waals surface area (Å²) < 4.78 is 2.72. The van der Waals surface area contributed by atoms with Crippen LogP contribution in [0.25, 0.3) is 11.0 Å². The highest BCUT2D eigenvalue weighted by Gasteiger charge is 2.54. The summed E-state index contributed by atoms with van der Waals surface area (Å²) in [6.07, 6.45) is 0.769. The van der Waals surface area contributed by atoms with Gasteiger partial charge in [-0.2, -0.15) is 0 Å². The number of hydrogen-bond acceptors (Lipinski definition) is 5. The third-order valence-corrected chi connectivity index (χ3v) is 6.96. The molecule has 11 heteroatoms. The second-order valence-corrected chi connectivity index (χ2v) is 8.91. The van der Waals surface area contributed by atoms with Crippen LogP contribution < -0.4 is 21.6 Å². The van der Waals surface area contributed by atoms with E-state index >= 15 is 0 Å². The lowest BCUT2D eigenvalue weighted by Crippen LogP contribution is -2.48. The van der Waals surface area contributed by atoms with E-state index in [2.05, 4.69) is 16.0 Å². The van der Waals surface area contributed by atoms with Gasteiger partial charge in [-0.05, 0) is 35.4 Å². The largest absolute Gasteiger partial charge is 0.330 e. The highest BCUT2D eigenvalue weighted by molar-refractivity contribution is 6.08. The topological polar surface area (TPSA) is 135 Å². The summed E-state index contributed by atoms with van der Waals surface area (Å²) in [5.74, 6) is -1.01. The molecule has 172 valence electrons. The predicted molar refractivity (Wildman–Crippen MR) is 121 cm³/mol. The lowest BCUT2D eigenvalue weighted by Gasteiger charge is -2.27. The van der Waals surface area contributed by atoms with Gasteiger partial charge in [0.1, 0.15) is 18.6 Å². The van der Waals surface area contributed by atoms with Crippen LogP contribution in [0.2, 0.25) is 0 Å². The van der Waals surface area contributed by atoms with E-state index in [9.17, 15) is 24.0 Å². The molecule has 2 aliphatic heterocycles. The van der Waals surface area contributed by atoms with Crippen molar-refractivity contribution in [3.63, 3.8) is 0 Å². The Labute approximate surface area is 192 Å². The fraction of sp³-hybridized carbons (Fsp3) is 0.261. The molecule has 5 amide bonds. The van der Waals surface area contributed by atoms with Crippen molar-refractivity contribution in [2.24, 2.45) is 0 Å². The molecule has 3 heterocycles. The van der Waals surface area contributed by atoms with Gasteiger partial charge in [0.25, 0.3) is 5.91 Å². The molecular weight excluding hydrogens is 440 g/mol. The number of fused-ring (bicyclic) bond motifs is 1. The van der Waals surface area contributed by atoms with Gasteiger partial charge in [-0.15, -0.1) is 0 Å². The number of para-hydroxylation sites is 1. The molecule has 1 fully saturated rings. The molecule has 1 saturated heterocycles. The fourth-order valence-electron chi connectivity index (χ4n) is 5.23. The van der Waals surface area contributed by atoms with Gasteiger partial charge in [0.15, 0.2) is 0 Å². The number of likely N-dealkylation sites (N-methyl/N-ethyl adjacent to an activating group) is 1. The number of nitrogens with zero attached hydrogens (tertiary/aromatic N) is 3. The maximum atomic E-state index is 12.9. The van der Waals surface area contributed by atoms with Crippen molar-refractivity contribution >= 4 is 46.2 Å². The highest BCUT2D eigenvalue weighted by Crippen LogP contribution is 2.38. The third-order valence-electron chi connectivity index (χ3n) is 6.96. The van der Waals surface area contributed by atoms with Gasteiger partial charge in [0.05, 0.1) is 16.7 Å². The first-order valence-electron chi connectivity index (χ1n) is 10.8. The number of anilines is 2. The van der Waals surface area contributed by atoms with Crippen LogP contribution in [0.5, 0.6) is 0 Å². The van der Waals surface area contributed by atoms with Crippen molar-refractivity contribution < 1.29 is 19.2 Å². The molecule has 2 aromatic carbocycles. The van der Waals surface area contributed by atoms with Crippen LogP contribution in [0.15, 0.2) is 41.2 Å². The Bertz CT molecular complexity index is 1520. The number of benzene rings is 2. The molecule has 6 rings (SSSR count). The van der Waals surface area contributed by atoms with Crippen LogP contribution in [-0.2, 0) is 40.3 Å². The van der Waals surface area contributed by atoms with Crippen molar-refractivity contribution in [1.29, 1.82) is 0 Å². The smallest absolute Gasteiger partial charge is 0.325 e. The van der Waals surface area contributed by atoms with Gasteiger partial charge < -0.3 is 15.5 Å². The number of rotatable bonds is 3. The lowest BCUT2D eigenvalue weighted by atomic mass is 9.95. The first-order chi connectivity index (χ1) is 16.3. The molecule has 3 aliphatic rings. The van der Waals surface area contributed by atoms with Crippen LogP contribution in [-0.4, -0.2) is 50.4 Å². The Hall–Kier alpha value is -4.41. The molecule has 1 unspecified atom stereocenters. The first-order valence-corrected chi connectivity index (χ1v) is 10.8. The fourth-order valence-corrected chi connectivity index (χ4v) is 5.23. The van der Waals surface area contributed by atoms with Crippen molar-refractivity contribution in [2.75, 3.05) is 17.7 Å². The van der Waals surface area contributed by atoms with Crippen LogP contribution in [0.3, 0.4) is 0 Å². The zero-order valence-electron chi connectivity index (χ0n) is 18.2. The number of carbonyl (C=O) groups excluding carboxylic acids is 4. The van der Waals surface area contributed by atoms with Gasteiger partial charge in [-0.25, -0.2) is 9.59 Å². The maximum Gasteiger partial charge on any atom is 0.330 e. The summed E-state index contributed by atoms with van der Waals surface area (Å²) in [7, 11) is 1.61. The number of imide groups is 1. The Balaban J connectivity index is 1.25. The number of urea groups is 1. The van der Waals surface area contributed by atoms with E-state index in [0.29, 0.717) is 35.2 Å². The molecule has 1 aliphatic carbocycles. The predicted octanol–water partition coefficient (Wildman–Crippen LogP) is 0.413. The third kappa shape index (κ3) is 2.73. The molecule has 1 spiro atoms. The van der Waals surface area contributed by atoms with Gasteiger partial charge >= 0.3 is 11.7 Å². The minimum absolute atomic E-state index is 0.0991. The van der Waals surface area contributed by atoms with Crippen LogP contribution in [0.1, 0.15) is 11.1 Å². The standard InChI is InChI=1S/C23H20N6O5/c1-27-21(33)26-20(32)23(27)8-12-5-6-14(7-13(12)9-23)24-17(30)10-28-16-4-2-3-15-19(16)29(22(28)34)11-18(31)25-15/h2-7H,8-11H2,1H3,(H,24,30)(H,25,31)(H,26,32,33). The highest BCUT2D eigenvalue weighted by atomic mass is 16.2. The molecule has 34 heavy (non-hydrogen) atoms. The molecule has 1 aromatic heterocycles. The normalized spacial score (nSPS) is 20.6. The number of amides is 5. The van der Waals surface area contributed by atoms with Gasteiger partial charge in [0.2, 0.25) is 11.8 Å². The molecule has 11 nitrogen and oxygen atoms in total. The number of imidazole rings is 1. The first kappa shape index (κ1) is 20.2. The number of hydrogen-bond donors (Lipinski definition) is 3. The molecule has 1 atom stereocenters. The van der Waals surface area contributed by atoms with Crippen molar-refractivity contribution in [3.8, 4) is 0 Å². The second kappa shape index (κ2) is 6.80. The van der Waals surface area contributed by atoms with Gasteiger partial charge in [0, 0.05) is 25.6 Å². The van der Waals surface area contributed by atoms with Gasteiger partial charge in [-0.3, -0.25) is 28.8 Å². The molecule has 0 bridgehead atoms. The van der Waals surface area contributed by atoms with Crippen molar-refractivity contribution in [1.82, 2.24) is 19.4 Å². The average molecular weight is 460 g/mol. The quantitative estimate of drug-likeness (QED) is 0.487. The Morgan fingerprint density at radius 1 is 1.06 bits per heavy atom. The molecule has 3 N–H and O–H groups in total. The molecule has 3 aromatic rings. The minimum Gasteiger partial charge on any atom is -0.325 e. The molecular formula is C23H20N6O5. The number of aromatic nitrogens is 2. The van der Waals surface area contributed by atoms with E-state index in [1.165, 1.54) is 14.0 Å². The van der Waals surface area contributed by atoms with Crippen LogP contribution in [0.4, 0.5) is 16.2 Å². The van der Waals surface area contributed by atoms with Crippen molar-refractivity contribution in [2.45, 2.75) is 31.5 Å². The summed E-state index contributed by atoms with van der Waals surface area (Å²) in [5, 5.41) is 7.93. The Kier molecular flexibility index (Phi) is 4.04. The summed E-state index contributed by atoms with van der Waals surface area (Å²) >= 11 is 0. The van der Waals surface area contributed by atoms with Crippen LogP contribution >= 0.6 is 0 Å². The average Bonchev–Trinajstić information content (AvgIpc) is 3.37. The summed E-state index contributed by atoms with van der Waals surface area (Å²) in [6, 6.07) is 10.1. The summed E-state index contributed by atoms with van der Waals surface area (Å²) in [4.78, 5) is 63.6. The monoisotopic (exact) mass is 460 g/mol. The van der Waals surface area contributed by atoms with E-state index in [1.807, 2.05) is 6.07 Å². The number of nitrogens with one attached hydrogen (secondary N) is 3. The van der Waals surface area contributed by atoms with E-state index < -0.39 is 23.2 Å². The lowest BCUT2D eigenvalue weighted by molar-refractivity contribution is -0.126. The Morgan fingerprint density at radius 3 is 2.62 bits per heavy atom. The van der Waals surface area contributed by atoms with Gasteiger partial charge in [-0.1, -0.05) is 12.1 Å². The van der Waals surface area contributed by atoms with Crippen molar-refractivity contribution in [3.05, 3.63) is 58.0 Å². The minimum atomic E-state index is -0.938. The molecule has 0 radical (unpaired) electrons.